The van der Waals surface area contributed by atoms with Crippen molar-refractivity contribution in [3.8, 4) is 0 Å². The van der Waals surface area contributed by atoms with E-state index in [4.69, 9.17) is 37.5 Å². The Kier molecular flexibility index (Phi) is 35.8. The van der Waals surface area contributed by atoms with Gasteiger partial charge in [0.05, 0.1) is 19.8 Å². The number of esters is 2. The summed E-state index contributed by atoms with van der Waals surface area (Å²) in [6, 6.07) is 0. The minimum absolute atomic E-state index is 0.0340. The predicted molar refractivity (Wildman–Crippen MR) is 282 cm³/mol. The number of unbranched alkanes of at least 4 members (excludes halogenated alkanes) is 22. The molecule has 12 N–H and O–H groups in total. The van der Waals surface area contributed by atoms with E-state index in [9.17, 15) is 75.2 Å². The number of hydrogen-bond donors (Lipinski definition) is 12. The van der Waals surface area contributed by atoms with E-state index < -0.39 is 150 Å². The maximum absolute atomic E-state index is 14.0. The second-order valence-corrected chi connectivity index (χ2v) is 22.6. The molecule has 24 heteroatoms. The SMILES string of the molecule is CCCCCCC=CCCCCCCCCCC(=O)OC(COC(=O)CCCCCCCCCCCCCC)COP(=O)(O)OC1C(OC2OC(CO)C(O)C(O)C2O)C(O)C(O)C(O)C1OC1OC(CO)C(O)C(O)C1O. The van der Waals surface area contributed by atoms with Gasteiger partial charge < -0.3 is 89.5 Å². The van der Waals surface area contributed by atoms with Crippen molar-refractivity contribution in [2.75, 3.05) is 26.4 Å². The summed E-state index contributed by atoms with van der Waals surface area (Å²) in [4.78, 5) is 37.4. The van der Waals surface area contributed by atoms with Crippen LogP contribution in [0.1, 0.15) is 187 Å². The molecule has 3 fully saturated rings. The van der Waals surface area contributed by atoms with Crippen molar-refractivity contribution >= 4 is 19.8 Å². The molecule has 2 aliphatic heterocycles. The van der Waals surface area contributed by atoms with Crippen molar-refractivity contribution in [1.29, 1.82) is 0 Å². The van der Waals surface area contributed by atoms with Crippen LogP contribution in [0.2, 0.25) is 0 Å². The Morgan fingerprint density at radius 3 is 1.27 bits per heavy atom. The summed E-state index contributed by atoms with van der Waals surface area (Å²) in [6.45, 7) is 0.983. The Balaban J connectivity index is 1.72. The molecular weight excluding hydrogens is 1050 g/mol. The quantitative estimate of drug-likeness (QED) is 0.0180. The zero-order valence-electron chi connectivity index (χ0n) is 46.2. The molecule has 0 aromatic carbocycles. The van der Waals surface area contributed by atoms with E-state index in [-0.39, 0.29) is 12.8 Å². The molecular formula is C54H99O23P. The number of hydrogen-bond acceptors (Lipinski definition) is 22. The van der Waals surface area contributed by atoms with E-state index in [0.29, 0.717) is 12.8 Å². The highest BCUT2D eigenvalue weighted by Crippen LogP contribution is 2.49. The molecule has 23 nitrogen and oxygen atoms in total. The van der Waals surface area contributed by atoms with Gasteiger partial charge in [-0.3, -0.25) is 18.6 Å². The second-order valence-electron chi connectivity index (χ2n) is 21.2. The van der Waals surface area contributed by atoms with Crippen molar-refractivity contribution < 1.29 is 113 Å². The Hall–Kier alpha value is -1.81. The first-order valence-electron chi connectivity index (χ1n) is 29.0. The van der Waals surface area contributed by atoms with Crippen molar-refractivity contribution in [2.24, 2.45) is 0 Å². The number of phosphoric acid groups is 1. The molecule has 0 aromatic rings. The van der Waals surface area contributed by atoms with Crippen molar-refractivity contribution in [3.05, 3.63) is 12.2 Å². The van der Waals surface area contributed by atoms with E-state index in [1.165, 1.54) is 70.6 Å². The van der Waals surface area contributed by atoms with Gasteiger partial charge >= 0.3 is 19.8 Å². The van der Waals surface area contributed by atoms with Gasteiger partial charge in [0.25, 0.3) is 0 Å². The highest BCUT2D eigenvalue weighted by molar-refractivity contribution is 7.47. The first kappa shape index (κ1) is 70.5. The minimum atomic E-state index is -5.63. The number of aliphatic hydroxyl groups is 11. The largest absolute Gasteiger partial charge is 0.472 e. The van der Waals surface area contributed by atoms with Gasteiger partial charge in [0.15, 0.2) is 18.7 Å². The highest BCUT2D eigenvalue weighted by Gasteiger charge is 2.58. The standard InChI is InChI=1S/C54H99O23P/c1-3-5-7-9-11-13-15-17-18-19-21-23-25-27-29-31-40(58)72-36(34-70-39(57)30-28-26-24-22-20-16-14-12-10-8-6-4-2)35-71-78(68,69)77-52-50(75-53-48(66)43(61)41(59)37(32-55)73-53)46(64)45(63)47(65)51(52)76-54-49(67)44(62)42(60)38(33-56)74-54/h13,15,36-38,41-56,59-67H,3-12,14,16-35H2,1-2H3,(H,68,69). The third-order valence-corrected chi connectivity index (χ3v) is 15.6. The van der Waals surface area contributed by atoms with Crippen LogP contribution in [0.4, 0.5) is 0 Å². The molecule has 2 heterocycles. The number of phosphoric ester groups is 1. The lowest BCUT2D eigenvalue weighted by molar-refractivity contribution is -0.360. The third kappa shape index (κ3) is 25.4. The maximum atomic E-state index is 14.0. The maximum Gasteiger partial charge on any atom is 0.472 e. The van der Waals surface area contributed by atoms with Crippen molar-refractivity contribution in [1.82, 2.24) is 0 Å². The Morgan fingerprint density at radius 2 is 0.846 bits per heavy atom. The average Bonchev–Trinajstić information content (AvgIpc) is 3.49. The summed E-state index contributed by atoms with van der Waals surface area (Å²) in [7, 11) is -5.63. The van der Waals surface area contributed by atoms with Gasteiger partial charge in [-0.25, -0.2) is 4.57 Å². The summed E-state index contributed by atoms with van der Waals surface area (Å²) < 4.78 is 58.1. The fourth-order valence-electron chi connectivity index (χ4n) is 9.70. The zero-order chi connectivity index (χ0) is 57.5. The zero-order valence-corrected chi connectivity index (χ0v) is 47.1. The molecule has 3 rings (SSSR count). The number of carbonyl (C=O) groups is 2. The second kappa shape index (κ2) is 39.6. The molecule has 3 aliphatic rings. The van der Waals surface area contributed by atoms with Gasteiger partial charge in [0, 0.05) is 12.8 Å². The fourth-order valence-corrected chi connectivity index (χ4v) is 10.7. The first-order valence-corrected chi connectivity index (χ1v) is 30.5. The van der Waals surface area contributed by atoms with Crippen LogP contribution in [-0.4, -0.2) is 204 Å². The molecule has 0 bridgehead atoms. The van der Waals surface area contributed by atoms with Gasteiger partial charge in [-0.2, -0.15) is 0 Å². The Bertz CT molecular complexity index is 1610. The molecule has 16 atom stereocenters. The number of aliphatic hydroxyl groups excluding tert-OH is 11. The number of ether oxygens (including phenoxy) is 6. The molecule has 458 valence electrons. The summed E-state index contributed by atoms with van der Waals surface area (Å²) in [5.74, 6) is -1.33. The highest BCUT2D eigenvalue weighted by atomic mass is 31.2. The lowest BCUT2D eigenvalue weighted by Gasteiger charge is -2.49. The topological polar surface area (TPSA) is 368 Å². The van der Waals surface area contributed by atoms with E-state index in [0.717, 1.165) is 77.0 Å². The van der Waals surface area contributed by atoms with E-state index in [2.05, 4.69) is 26.0 Å². The van der Waals surface area contributed by atoms with E-state index in [1.807, 2.05) is 0 Å². The molecule has 16 unspecified atom stereocenters. The number of rotatable bonds is 42. The van der Waals surface area contributed by atoms with E-state index >= 15 is 0 Å². The van der Waals surface area contributed by atoms with Gasteiger partial charge in [0.1, 0.15) is 92.1 Å². The molecule has 2 saturated heterocycles. The lowest BCUT2D eigenvalue weighted by atomic mass is 9.84. The van der Waals surface area contributed by atoms with E-state index in [1.54, 1.807) is 0 Å². The van der Waals surface area contributed by atoms with Crippen LogP contribution in [0.25, 0.3) is 0 Å². The molecule has 78 heavy (non-hydrogen) atoms. The smallest absolute Gasteiger partial charge is 0.462 e. The summed E-state index contributed by atoms with van der Waals surface area (Å²) in [6.07, 6.45) is -3.70. The molecule has 0 spiro atoms. The summed E-state index contributed by atoms with van der Waals surface area (Å²) in [5, 5.41) is 116. The van der Waals surface area contributed by atoms with Crippen LogP contribution >= 0.6 is 7.82 Å². The Labute approximate surface area is 461 Å². The molecule has 0 radical (unpaired) electrons. The van der Waals surface area contributed by atoms with Gasteiger partial charge in [0.2, 0.25) is 0 Å². The van der Waals surface area contributed by atoms with Crippen LogP contribution in [0, 0.1) is 0 Å². The third-order valence-electron chi connectivity index (χ3n) is 14.6. The van der Waals surface area contributed by atoms with Crippen molar-refractivity contribution in [3.63, 3.8) is 0 Å². The summed E-state index contributed by atoms with van der Waals surface area (Å²) in [5.41, 5.74) is 0. The van der Waals surface area contributed by atoms with Crippen LogP contribution in [0.15, 0.2) is 12.2 Å². The number of allylic oxidation sites excluding steroid dienone is 2. The first-order chi connectivity index (χ1) is 37.4. The minimum Gasteiger partial charge on any atom is -0.462 e. The van der Waals surface area contributed by atoms with Gasteiger partial charge in [-0.15, -0.1) is 0 Å². The molecule has 0 aromatic heterocycles. The van der Waals surface area contributed by atoms with Crippen LogP contribution in [-0.2, 0) is 51.6 Å². The van der Waals surface area contributed by atoms with Gasteiger partial charge in [-0.05, 0) is 38.5 Å². The normalized spacial score (nSPS) is 31.8. The predicted octanol–water partition coefficient (Wildman–Crippen LogP) is 3.54. The van der Waals surface area contributed by atoms with Gasteiger partial charge in [-0.1, -0.05) is 148 Å². The monoisotopic (exact) mass is 1150 g/mol. The molecule has 1 saturated carbocycles. The van der Waals surface area contributed by atoms with Crippen LogP contribution < -0.4 is 0 Å². The van der Waals surface area contributed by atoms with Crippen molar-refractivity contribution in [2.45, 2.75) is 291 Å². The fraction of sp³-hybridized carbons (Fsp3) is 0.926. The van der Waals surface area contributed by atoms with Crippen LogP contribution in [0.5, 0.6) is 0 Å². The molecule has 0 amide bonds. The average molecular weight is 1150 g/mol. The number of carbonyl (C=O) groups excluding carboxylic acids is 2. The Morgan fingerprint density at radius 1 is 0.474 bits per heavy atom. The van der Waals surface area contributed by atoms with Crippen LogP contribution in [0.3, 0.4) is 0 Å². The molecule has 1 aliphatic carbocycles. The lowest BCUT2D eigenvalue weighted by Crippen LogP contribution is -2.69. The summed E-state index contributed by atoms with van der Waals surface area (Å²) >= 11 is 0.